The molecule has 0 heterocycles. The van der Waals surface area contributed by atoms with E-state index in [4.69, 9.17) is 14.2 Å². The van der Waals surface area contributed by atoms with E-state index in [0.717, 1.165) is 103 Å². The van der Waals surface area contributed by atoms with Gasteiger partial charge >= 0.3 is 17.9 Å². The lowest BCUT2D eigenvalue weighted by atomic mass is 10.1. The molecule has 6 heteroatoms. The third kappa shape index (κ3) is 44.0. The summed E-state index contributed by atoms with van der Waals surface area (Å²) < 4.78 is 16.7. The van der Waals surface area contributed by atoms with Crippen molar-refractivity contribution >= 4 is 17.9 Å². The molecule has 0 N–H and O–H groups in total. The standard InChI is InChI=1S/C52H88O6/c1-4-7-10-13-16-19-21-23-24-25-26-27-28-29-31-33-36-39-42-45-51(54)57-48-49(47-56-50(53)44-41-38-35-32-18-15-12-9-6-3)58-52(55)46-43-40-37-34-30-22-20-17-14-11-8-5-2/h8-9,11-12,16-21,23,32,49H,4-7,10,13-15,22,24-31,33-48H2,1-3H3/b11-8-,12-9-,19-16-,20-17-,23-21-,32-18-. The van der Waals surface area contributed by atoms with Gasteiger partial charge in [0.2, 0.25) is 0 Å². The Morgan fingerprint density at radius 2 is 0.724 bits per heavy atom. The van der Waals surface area contributed by atoms with Crippen molar-refractivity contribution in [3.63, 3.8) is 0 Å². The number of hydrogen-bond acceptors (Lipinski definition) is 6. The Labute approximate surface area is 357 Å². The lowest BCUT2D eigenvalue weighted by Crippen LogP contribution is -2.30. The molecule has 0 aliphatic rings. The second kappa shape index (κ2) is 46.5. The summed E-state index contributed by atoms with van der Waals surface area (Å²) in [6.07, 6.45) is 57.6. The molecule has 0 spiro atoms. The predicted molar refractivity (Wildman–Crippen MR) is 247 cm³/mol. The molecule has 0 radical (unpaired) electrons. The SMILES string of the molecule is CC/C=C\C/C=C\CCCCCCCC(=O)OC(COC(=O)CCCC/C=C\C/C=C\CC)COC(=O)CCCCCCCCCCCC/C=C\C=C/CCCCC. The van der Waals surface area contributed by atoms with Gasteiger partial charge in [-0.2, -0.15) is 0 Å². The van der Waals surface area contributed by atoms with Gasteiger partial charge in [-0.15, -0.1) is 0 Å². The number of esters is 3. The van der Waals surface area contributed by atoms with Crippen LogP contribution in [0.15, 0.2) is 72.9 Å². The maximum atomic E-state index is 12.7. The molecule has 0 aromatic heterocycles. The van der Waals surface area contributed by atoms with Gasteiger partial charge in [0.15, 0.2) is 6.10 Å². The van der Waals surface area contributed by atoms with E-state index in [9.17, 15) is 14.4 Å². The lowest BCUT2D eigenvalue weighted by Gasteiger charge is -2.18. The molecule has 1 unspecified atom stereocenters. The Balaban J connectivity index is 4.33. The zero-order valence-corrected chi connectivity index (χ0v) is 37.8. The van der Waals surface area contributed by atoms with E-state index in [0.29, 0.717) is 19.3 Å². The van der Waals surface area contributed by atoms with Crippen LogP contribution in [0.5, 0.6) is 0 Å². The fourth-order valence-electron chi connectivity index (χ4n) is 6.39. The minimum absolute atomic E-state index is 0.0939. The summed E-state index contributed by atoms with van der Waals surface area (Å²) in [6, 6.07) is 0. The molecule has 6 nitrogen and oxygen atoms in total. The topological polar surface area (TPSA) is 78.9 Å². The quantitative estimate of drug-likeness (QED) is 0.0201. The molecule has 332 valence electrons. The van der Waals surface area contributed by atoms with E-state index in [1.807, 2.05) is 0 Å². The zero-order chi connectivity index (χ0) is 42.3. The fraction of sp³-hybridized carbons (Fsp3) is 0.712. The Morgan fingerprint density at radius 1 is 0.379 bits per heavy atom. The maximum Gasteiger partial charge on any atom is 0.306 e. The van der Waals surface area contributed by atoms with Crippen molar-refractivity contribution in [2.24, 2.45) is 0 Å². The molecule has 0 saturated carbocycles. The van der Waals surface area contributed by atoms with Gasteiger partial charge in [0, 0.05) is 19.3 Å². The summed E-state index contributed by atoms with van der Waals surface area (Å²) in [7, 11) is 0. The highest BCUT2D eigenvalue weighted by Gasteiger charge is 2.19. The van der Waals surface area contributed by atoms with Crippen LogP contribution in [0.4, 0.5) is 0 Å². The fourth-order valence-corrected chi connectivity index (χ4v) is 6.39. The van der Waals surface area contributed by atoms with E-state index in [2.05, 4.69) is 93.7 Å². The highest BCUT2D eigenvalue weighted by Crippen LogP contribution is 2.14. The predicted octanol–water partition coefficient (Wildman–Crippen LogP) is 15.5. The van der Waals surface area contributed by atoms with E-state index < -0.39 is 6.10 Å². The number of unbranched alkanes of at least 4 members (excludes halogenated alkanes) is 20. The van der Waals surface area contributed by atoms with Crippen molar-refractivity contribution in [3.05, 3.63) is 72.9 Å². The first-order valence-electron chi connectivity index (χ1n) is 24.0. The van der Waals surface area contributed by atoms with Crippen LogP contribution in [0.1, 0.15) is 220 Å². The Morgan fingerprint density at radius 3 is 1.17 bits per heavy atom. The third-order valence-corrected chi connectivity index (χ3v) is 9.95. The highest BCUT2D eigenvalue weighted by atomic mass is 16.6. The molecule has 0 bridgehead atoms. The van der Waals surface area contributed by atoms with Crippen LogP contribution in [0.3, 0.4) is 0 Å². The largest absolute Gasteiger partial charge is 0.462 e. The summed E-state index contributed by atoms with van der Waals surface area (Å²) in [5.74, 6) is -0.955. The molecule has 1 atom stereocenters. The molecule has 0 rings (SSSR count). The molecule has 0 amide bonds. The van der Waals surface area contributed by atoms with Crippen LogP contribution in [0.2, 0.25) is 0 Å². The number of carbonyl (C=O) groups excluding carboxylic acids is 3. The third-order valence-electron chi connectivity index (χ3n) is 9.95. The maximum absolute atomic E-state index is 12.7. The number of allylic oxidation sites excluding steroid dienone is 12. The Hall–Kier alpha value is -3.15. The molecule has 0 aromatic rings. The monoisotopic (exact) mass is 809 g/mol. The van der Waals surface area contributed by atoms with Gasteiger partial charge in [0.25, 0.3) is 0 Å². The van der Waals surface area contributed by atoms with Crippen molar-refractivity contribution in [3.8, 4) is 0 Å². The molecule has 0 fully saturated rings. The average Bonchev–Trinajstić information content (AvgIpc) is 3.22. The van der Waals surface area contributed by atoms with E-state index in [1.54, 1.807) is 0 Å². The van der Waals surface area contributed by atoms with E-state index in [1.165, 1.54) is 77.0 Å². The lowest BCUT2D eigenvalue weighted by molar-refractivity contribution is -0.167. The van der Waals surface area contributed by atoms with Gasteiger partial charge in [-0.1, -0.05) is 177 Å². The van der Waals surface area contributed by atoms with Crippen molar-refractivity contribution in [2.75, 3.05) is 13.2 Å². The zero-order valence-electron chi connectivity index (χ0n) is 37.8. The Bertz CT molecular complexity index is 1110. The van der Waals surface area contributed by atoms with Gasteiger partial charge in [-0.3, -0.25) is 14.4 Å². The molecule has 0 saturated heterocycles. The van der Waals surface area contributed by atoms with Crippen LogP contribution in [-0.2, 0) is 28.6 Å². The highest BCUT2D eigenvalue weighted by molar-refractivity contribution is 5.71. The second-order valence-corrected chi connectivity index (χ2v) is 15.6. The van der Waals surface area contributed by atoms with Crippen LogP contribution in [0.25, 0.3) is 0 Å². The number of ether oxygens (including phenoxy) is 3. The van der Waals surface area contributed by atoms with Crippen molar-refractivity contribution in [2.45, 2.75) is 226 Å². The van der Waals surface area contributed by atoms with E-state index in [-0.39, 0.29) is 31.1 Å². The van der Waals surface area contributed by atoms with Crippen molar-refractivity contribution in [1.82, 2.24) is 0 Å². The smallest absolute Gasteiger partial charge is 0.306 e. The van der Waals surface area contributed by atoms with Crippen molar-refractivity contribution in [1.29, 1.82) is 0 Å². The first-order chi connectivity index (χ1) is 28.5. The molecule has 0 aromatic carbocycles. The molecule has 0 aliphatic carbocycles. The number of carbonyl (C=O) groups is 3. The van der Waals surface area contributed by atoms with Crippen molar-refractivity contribution < 1.29 is 28.6 Å². The first kappa shape index (κ1) is 54.9. The van der Waals surface area contributed by atoms with Gasteiger partial charge in [0.1, 0.15) is 13.2 Å². The van der Waals surface area contributed by atoms with Gasteiger partial charge in [-0.25, -0.2) is 0 Å². The molecular weight excluding hydrogens is 721 g/mol. The summed E-state index contributed by atoms with van der Waals surface area (Å²) in [6.45, 7) is 6.32. The minimum Gasteiger partial charge on any atom is -0.462 e. The Kier molecular flexibility index (Phi) is 44.0. The van der Waals surface area contributed by atoms with Crippen LogP contribution in [0, 0.1) is 0 Å². The summed E-state index contributed by atoms with van der Waals surface area (Å²) in [5, 5.41) is 0. The molecular formula is C52H88O6. The summed E-state index contributed by atoms with van der Waals surface area (Å²) in [4.78, 5) is 37.7. The average molecular weight is 809 g/mol. The van der Waals surface area contributed by atoms with Gasteiger partial charge < -0.3 is 14.2 Å². The van der Waals surface area contributed by atoms with Crippen LogP contribution in [-0.4, -0.2) is 37.2 Å². The normalized spacial score (nSPS) is 12.7. The summed E-state index contributed by atoms with van der Waals surface area (Å²) in [5.41, 5.74) is 0. The molecule has 58 heavy (non-hydrogen) atoms. The number of hydrogen-bond donors (Lipinski definition) is 0. The molecule has 0 aliphatic heterocycles. The first-order valence-corrected chi connectivity index (χ1v) is 24.0. The number of rotatable bonds is 42. The summed E-state index contributed by atoms with van der Waals surface area (Å²) >= 11 is 0. The van der Waals surface area contributed by atoms with Gasteiger partial charge in [0.05, 0.1) is 0 Å². The van der Waals surface area contributed by atoms with E-state index >= 15 is 0 Å². The van der Waals surface area contributed by atoms with Crippen LogP contribution >= 0.6 is 0 Å². The van der Waals surface area contributed by atoms with Gasteiger partial charge in [-0.05, 0) is 96.3 Å². The van der Waals surface area contributed by atoms with Crippen LogP contribution < -0.4 is 0 Å². The minimum atomic E-state index is -0.794. The second-order valence-electron chi connectivity index (χ2n) is 15.6.